The first-order valence-electron chi connectivity index (χ1n) is 9.28. The molecule has 2 fully saturated rings. The average molecular weight is 354 g/mol. The van der Waals surface area contributed by atoms with E-state index in [1.54, 1.807) is 6.92 Å². The van der Waals surface area contributed by atoms with Gasteiger partial charge in [-0.25, -0.2) is 0 Å². The number of nitrogens with one attached hydrogen (secondary N) is 1. The quantitative estimate of drug-likeness (QED) is 0.877. The summed E-state index contributed by atoms with van der Waals surface area (Å²) in [4.78, 5) is 16.1. The predicted octanol–water partition coefficient (Wildman–Crippen LogP) is 1.74. The number of amides is 1. The smallest absolute Gasteiger partial charge is 0.219 e. The molecule has 0 aliphatic carbocycles. The fourth-order valence-corrected chi connectivity index (χ4v) is 4.59. The van der Waals surface area contributed by atoms with Crippen molar-refractivity contribution in [2.75, 3.05) is 32.8 Å². The zero-order chi connectivity index (χ0) is 18.1. The molecule has 6 heteroatoms. The lowest BCUT2D eigenvalue weighted by molar-refractivity contribution is -0.133. The van der Waals surface area contributed by atoms with Gasteiger partial charge in [-0.1, -0.05) is 30.3 Å². The number of aliphatic hydroxyl groups is 1. The summed E-state index contributed by atoms with van der Waals surface area (Å²) in [6, 6.07) is 10.2. The number of hydrogen-bond donors (Lipinski definition) is 2. The molecule has 2 saturated heterocycles. The van der Waals surface area contributed by atoms with Crippen molar-refractivity contribution in [1.82, 2.24) is 20.0 Å². The number of nitrogens with zero attached hydrogens (tertiary/aromatic N) is 3. The van der Waals surface area contributed by atoms with Gasteiger partial charge in [-0.05, 0) is 17.9 Å². The van der Waals surface area contributed by atoms with Crippen LogP contribution in [0.3, 0.4) is 0 Å². The summed E-state index contributed by atoms with van der Waals surface area (Å²) < 4.78 is 0. The standard InChI is InChI=1S/C20H26N4O2/c1-15(26)24-8-7-20(14-25)13-23(11-18(20)12-24)10-17-9-21-22-19(17)16-5-3-2-4-6-16/h2-6,9,18,25H,7-8,10-14H2,1H3,(H,21,22)/t18-,20-/m0/s1. The second kappa shape index (κ2) is 6.85. The molecule has 0 saturated carbocycles. The van der Waals surface area contributed by atoms with E-state index in [1.165, 1.54) is 5.56 Å². The lowest BCUT2D eigenvalue weighted by Gasteiger charge is -2.42. The Morgan fingerprint density at radius 1 is 1.35 bits per heavy atom. The van der Waals surface area contributed by atoms with Gasteiger partial charge in [0, 0.05) is 50.6 Å². The van der Waals surface area contributed by atoms with Crippen molar-refractivity contribution in [2.45, 2.75) is 19.9 Å². The molecule has 2 N–H and O–H groups in total. The topological polar surface area (TPSA) is 72.5 Å². The lowest BCUT2D eigenvalue weighted by Crippen LogP contribution is -2.50. The monoisotopic (exact) mass is 354 g/mol. The summed E-state index contributed by atoms with van der Waals surface area (Å²) in [6.45, 7) is 5.92. The molecule has 0 bridgehead atoms. The molecule has 0 radical (unpaired) electrons. The van der Waals surface area contributed by atoms with Crippen LogP contribution in [0.15, 0.2) is 36.5 Å². The van der Waals surface area contributed by atoms with Crippen LogP contribution in [0.5, 0.6) is 0 Å². The minimum Gasteiger partial charge on any atom is -0.396 e. The van der Waals surface area contributed by atoms with Gasteiger partial charge in [0.25, 0.3) is 0 Å². The number of fused-ring (bicyclic) bond motifs is 1. The third kappa shape index (κ3) is 3.04. The fourth-order valence-electron chi connectivity index (χ4n) is 4.59. The van der Waals surface area contributed by atoms with E-state index < -0.39 is 0 Å². The number of carbonyl (C=O) groups is 1. The van der Waals surface area contributed by atoms with Gasteiger partial charge < -0.3 is 10.0 Å². The molecule has 1 aromatic heterocycles. The number of carbonyl (C=O) groups excluding carboxylic acids is 1. The fraction of sp³-hybridized carbons (Fsp3) is 0.500. The van der Waals surface area contributed by atoms with Crippen molar-refractivity contribution >= 4 is 5.91 Å². The van der Waals surface area contributed by atoms with Crippen LogP contribution in [0, 0.1) is 11.3 Å². The number of aromatic nitrogens is 2. The maximum atomic E-state index is 11.8. The Balaban J connectivity index is 1.51. The molecule has 6 nitrogen and oxygen atoms in total. The Hall–Kier alpha value is -2.18. The first-order valence-corrected chi connectivity index (χ1v) is 9.28. The molecule has 2 aromatic rings. The number of hydrogen-bond acceptors (Lipinski definition) is 4. The van der Waals surface area contributed by atoms with Gasteiger partial charge >= 0.3 is 0 Å². The van der Waals surface area contributed by atoms with Crippen molar-refractivity contribution in [1.29, 1.82) is 0 Å². The zero-order valence-corrected chi connectivity index (χ0v) is 15.2. The molecule has 2 aliphatic rings. The number of benzene rings is 1. The maximum absolute atomic E-state index is 11.8. The number of aromatic amines is 1. The molecule has 138 valence electrons. The first-order chi connectivity index (χ1) is 12.6. The largest absolute Gasteiger partial charge is 0.396 e. The number of H-pyrrole nitrogens is 1. The third-order valence-corrected chi connectivity index (χ3v) is 6.14. The van der Waals surface area contributed by atoms with Crippen LogP contribution >= 0.6 is 0 Å². The van der Waals surface area contributed by atoms with Crippen LogP contribution in [0.1, 0.15) is 18.9 Å². The van der Waals surface area contributed by atoms with E-state index in [0.717, 1.165) is 50.4 Å². The van der Waals surface area contributed by atoms with Crippen molar-refractivity contribution < 1.29 is 9.90 Å². The highest BCUT2D eigenvalue weighted by molar-refractivity contribution is 5.73. The number of likely N-dealkylation sites (tertiary alicyclic amines) is 2. The van der Waals surface area contributed by atoms with Crippen molar-refractivity contribution in [3.05, 3.63) is 42.1 Å². The molecule has 1 amide bonds. The van der Waals surface area contributed by atoms with E-state index in [2.05, 4.69) is 27.2 Å². The molecule has 4 rings (SSSR count). The second-order valence-corrected chi connectivity index (χ2v) is 7.74. The van der Waals surface area contributed by atoms with E-state index in [1.807, 2.05) is 29.3 Å². The van der Waals surface area contributed by atoms with E-state index in [9.17, 15) is 9.90 Å². The molecule has 2 atom stereocenters. The first kappa shape index (κ1) is 17.2. The summed E-state index contributed by atoms with van der Waals surface area (Å²) in [5.74, 6) is 0.466. The highest BCUT2D eigenvalue weighted by Gasteiger charge is 2.49. The number of aliphatic hydroxyl groups excluding tert-OH is 1. The molecule has 26 heavy (non-hydrogen) atoms. The molecule has 2 aliphatic heterocycles. The molecule has 0 spiro atoms. The average Bonchev–Trinajstić information content (AvgIpc) is 3.26. The van der Waals surface area contributed by atoms with Crippen LogP contribution in [0.4, 0.5) is 0 Å². The molecular weight excluding hydrogens is 328 g/mol. The normalized spacial score (nSPS) is 26.1. The van der Waals surface area contributed by atoms with E-state index in [0.29, 0.717) is 5.92 Å². The Kier molecular flexibility index (Phi) is 4.54. The van der Waals surface area contributed by atoms with E-state index >= 15 is 0 Å². The molecule has 1 aromatic carbocycles. The summed E-state index contributed by atoms with van der Waals surface area (Å²) in [7, 11) is 0. The van der Waals surface area contributed by atoms with E-state index in [-0.39, 0.29) is 17.9 Å². The van der Waals surface area contributed by atoms with Crippen LogP contribution in [-0.2, 0) is 11.3 Å². The van der Waals surface area contributed by atoms with Gasteiger partial charge in [0.2, 0.25) is 5.91 Å². The molecular formula is C20H26N4O2. The van der Waals surface area contributed by atoms with Crippen molar-refractivity contribution in [3.63, 3.8) is 0 Å². The molecule has 0 unspecified atom stereocenters. The third-order valence-electron chi connectivity index (χ3n) is 6.14. The Morgan fingerprint density at radius 2 is 2.15 bits per heavy atom. The second-order valence-electron chi connectivity index (χ2n) is 7.74. The van der Waals surface area contributed by atoms with Crippen LogP contribution in [0.2, 0.25) is 0 Å². The van der Waals surface area contributed by atoms with E-state index in [4.69, 9.17) is 0 Å². The Morgan fingerprint density at radius 3 is 2.88 bits per heavy atom. The van der Waals surface area contributed by atoms with Gasteiger partial charge in [-0.15, -0.1) is 0 Å². The lowest BCUT2D eigenvalue weighted by atomic mass is 9.73. The van der Waals surface area contributed by atoms with Crippen molar-refractivity contribution in [3.8, 4) is 11.3 Å². The summed E-state index contributed by atoms with van der Waals surface area (Å²) in [5, 5.41) is 17.5. The Bertz CT molecular complexity index is 775. The van der Waals surface area contributed by atoms with Gasteiger partial charge in [-0.3, -0.25) is 14.8 Å². The minimum absolute atomic E-state index is 0.0808. The van der Waals surface area contributed by atoms with Crippen LogP contribution in [0.25, 0.3) is 11.3 Å². The highest BCUT2D eigenvalue weighted by atomic mass is 16.3. The van der Waals surface area contributed by atoms with Crippen LogP contribution in [-0.4, -0.2) is 63.8 Å². The summed E-state index contributed by atoms with van der Waals surface area (Å²) >= 11 is 0. The van der Waals surface area contributed by atoms with Gasteiger partial charge in [0.05, 0.1) is 18.5 Å². The minimum atomic E-state index is -0.0808. The predicted molar refractivity (Wildman–Crippen MR) is 99.2 cm³/mol. The highest BCUT2D eigenvalue weighted by Crippen LogP contribution is 2.43. The van der Waals surface area contributed by atoms with Gasteiger partial charge in [0.1, 0.15) is 0 Å². The number of rotatable bonds is 4. The summed E-state index contributed by atoms with van der Waals surface area (Å²) in [6.07, 6.45) is 2.78. The SMILES string of the molecule is CC(=O)N1CC[C@@]2(CO)CN(Cc3cn[nH]c3-c3ccccc3)C[C@H]2C1. The van der Waals surface area contributed by atoms with Gasteiger partial charge in [-0.2, -0.15) is 5.10 Å². The molecule has 3 heterocycles. The number of piperidine rings is 1. The van der Waals surface area contributed by atoms with Gasteiger partial charge in [0.15, 0.2) is 0 Å². The van der Waals surface area contributed by atoms with Crippen molar-refractivity contribution in [2.24, 2.45) is 11.3 Å². The van der Waals surface area contributed by atoms with Crippen LogP contribution < -0.4 is 0 Å². The maximum Gasteiger partial charge on any atom is 0.219 e. The Labute approximate surface area is 153 Å². The summed E-state index contributed by atoms with van der Waals surface area (Å²) in [5.41, 5.74) is 3.29. The zero-order valence-electron chi connectivity index (χ0n) is 15.2.